The van der Waals surface area contributed by atoms with E-state index in [9.17, 15) is 4.79 Å². The molecule has 3 aromatic rings. The van der Waals surface area contributed by atoms with Gasteiger partial charge in [-0.05, 0) is 31.2 Å². The maximum atomic E-state index is 12.9. The van der Waals surface area contributed by atoms with Crippen LogP contribution < -0.4 is 5.69 Å². The van der Waals surface area contributed by atoms with Crippen molar-refractivity contribution in [1.82, 2.24) is 19.4 Å². The number of benzene rings is 1. The molecule has 0 spiro atoms. The number of nitrogens with one attached hydrogen (secondary N) is 1. The third kappa shape index (κ3) is 2.42. The molecule has 1 unspecified atom stereocenters. The summed E-state index contributed by atoms with van der Waals surface area (Å²) < 4.78 is 2.05. The third-order valence-corrected chi connectivity index (χ3v) is 6.90. The zero-order valence-corrected chi connectivity index (χ0v) is 15.8. The van der Waals surface area contributed by atoms with E-state index in [1.54, 1.807) is 0 Å². The van der Waals surface area contributed by atoms with Gasteiger partial charge < -0.3 is 4.98 Å². The molecule has 2 saturated heterocycles. The molecule has 6 rings (SSSR count). The molecule has 1 aliphatic carbocycles. The van der Waals surface area contributed by atoms with Gasteiger partial charge in [0.15, 0.2) is 0 Å². The number of piperidine rings is 1. The molecule has 4 heterocycles. The van der Waals surface area contributed by atoms with Crippen LogP contribution in [0.5, 0.6) is 0 Å². The van der Waals surface area contributed by atoms with Crippen LogP contribution >= 0.6 is 0 Å². The molecule has 2 bridgehead atoms. The zero-order valence-electron chi connectivity index (χ0n) is 15.8. The fourth-order valence-electron chi connectivity index (χ4n) is 5.67. The second-order valence-electron chi connectivity index (χ2n) is 8.46. The number of H-pyrrole nitrogens is 1. The maximum Gasteiger partial charge on any atom is 0.326 e. The smallest absolute Gasteiger partial charge is 0.304 e. The Labute approximate surface area is 163 Å². The number of aromatic nitrogens is 3. The van der Waals surface area contributed by atoms with Crippen molar-refractivity contribution in [3.05, 3.63) is 69.9 Å². The molecular weight excluding hydrogens is 348 g/mol. The summed E-state index contributed by atoms with van der Waals surface area (Å²) in [5.41, 5.74) is 5.56. The van der Waals surface area contributed by atoms with E-state index in [4.69, 9.17) is 0 Å². The van der Waals surface area contributed by atoms with Gasteiger partial charge in [0.25, 0.3) is 0 Å². The standard InChI is InChI=1S/C23H24N4O/c28-23-25-21-13-24-20-8-4-7-19(20)22(21)27(23)18-11-16-9-10-17(12-18)26(16)14-15-5-2-1-3-6-15/h1-7,13,16-18H,8-12,14H2,(H,25,28)/t16-,17+,18?. The van der Waals surface area contributed by atoms with Gasteiger partial charge in [0.05, 0.1) is 22.9 Å². The minimum absolute atomic E-state index is 0.0198. The van der Waals surface area contributed by atoms with Crippen LogP contribution in [0.2, 0.25) is 0 Å². The van der Waals surface area contributed by atoms with Crippen LogP contribution in [0.3, 0.4) is 0 Å². The number of aromatic amines is 1. The number of allylic oxidation sites excluding steroid dienone is 1. The van der Waals surface area contributed by atoms with Crippen molar-refractivity contribution in [2.24, 2.45) is 0 Å². The SMILES string of the molecule is O=c1[nH]c2cnc3c(c2n1C1C[C@H]2CC[C@@H](C1)N2Cc1ccccc1)C=CC3. The summed E-state index contributed by atoms with van der Waals surface area (Å²) in [4.78, 5) is 23.2. The molecule has 0 radical (unpaired) electrons. The molecule has 142 valence electrons. The predicted octanol–water partition coefficient (Wildman–Crippen LogP) is 3.66. The van der Waals surface area contributed by atoms with Gasteiger partial charge in [-0.25, -0.2) is 4.79 Å². The average molecular weight is 372 g/mol. The van der Waals surface area contributed by atoms with E-state index in [-0.39, 0.29) is 11.7 Å². The molecule has 2 aromatic heterocycles. The molecule has 5 heteroatoms. The first-order valence-corrected chi connectivity index (χ1v) is 10.4. The van der Waals surface area contributed by atoms with E-state index < -0.39 is 0 Å². The molecule has 0 amide bonds. The topological polar surface area (TPSA) is 53.9 Å². The van der Waals surface area contributed by atoms with Crippen LogP contribution in [0.4, 0.5) is 0 Å². The van der Waals surface area contributed by atoms with Crippen molar-refractivity contribution in [2.45, 2.75) is 56.8 Å². The van der Waals surface area contributed by atoms with E-state index in [1.807, 2.05) is 6.20 Å². The maximum absolute atomic E-state index is 12.9. The first kappa shape index (κ1) is 16.3. The van der Waals surface area contributed by atoms with Crippen LogP contribution in [0.1, 0.15) is 48.5 Å². The van der Waals surface area contributed by atoms with Crippen LogP contribution in [-0.4, -0.2) is 31.5 Å². The molecular formula is C23H24N4O. The Bertz CT molecular complexity index is 1110. The summed E-state index contributed by atoms with van der Waals surface area (Å²) in [6.07, 6.45) is 11.6. The van der Waals surface area contributed by atoms with Crippen LogP contribution in [0, 0.1) is 0 Å². The van der Waals surface area contributed by atoms with Gasteiger partial charge in [0, 0.05) is 36.7 Å². The summed E-state index contributed by atoms with van der Waals surface area (Å²) in [5, 5.41) is 0. The quantitative estimate of drug-likeness (QED) is 0.763. The highest BCUT2D eigenvalue weighted by Crippen LogP contribution is 2.42. The first-order chi connectivity index (χ1) is 13.8. The Kier molecular flexibility index (Phi) is 3.60. The lowest BCUT2D eigenvalue weighted by Gasteiger charge is -2.39. The van der Waals surface area contributed by atoms with Gasteiger partial charge in [-0.3, -0.25) is 14.5 Å². The van der Waals surface area contributed by atoms with E-state index in [0.717, 1.165) is 48.1 Å². The Balaban J connectivity index is 1.35. The molecule has 0 saturated carbocycles. The number of hydrogen-bond acceptors (Lipinski definition) is 3. The summed E-state index contributed by atoms with van der Waals surface area (Å²) in [6, 6.07) is 12.2. The highest BCUT2D eigenvalue weighted by molar-refractivity contribution is 5.87. The van der Waals surface area contributed by atoms with Crippen molar-refractivity contribution in [3.8, 4) is 0 Å². The lowest BCUT2D eigenvalue weighted by Crippen LogP contribution is -2.44. The van der Waals surface area contributed by atoms with Gasteiger partial charge in [-0.2, -0.15) is 0 Å². The molecule has 3 aliphatic rings. The summed E-state index contributed by atoms with van der Waals surface area (Å²) in [5.74, 6) is 0. The van der Waals surface area contributed by atoms with Crippen molar-refractivity contribution in [3.63, 3.8) is 0 Å². The second-order valence-corrected chi connectivity index (χ2v) is 8.46. The van der Waals surface area contributed by atoms with Crippen LogP contribution in [0.25, 0.3) is 17.1 Å². The Hall–Kier alpha value is -2.66. The van der Waals surface area contributed by atoms with Gasteiger partial charge in [0.2, 0.25) is 0 Å². The summed E-state index contributed by atoms with van der Waals surface area (Å²) in [7, 11) is 0. The highest BCUT2D eigenvalue weighted by Gasteiger charge is 2.42. The minimum Gasteiger partial charge on any atom is -0.304 e. The van der Waals surface area contributed by atoms with Crippen LogP contribution in [0.15, 0.2) is 47.4 Å². The van der Waals surface area contributed by atoms with Gasteiger partial charge in [0.1, 0.15) is 0 Å². The fraction of sp³-hybridized carbons (Fsp3) is 0.391. The molecule has 2 fully saturated rings. The minimum atomic E-state index is 0.0198. The lowest BCUT2D eigenvalue weighted by atomic mass is 9.96. The van der Waals surface area contributed by atoms with E-state index in [0.29, 0.717) is 12.1 Å². The normalized spacial score (nSPS) is 26.2. The Morgan fingerprint density at radius 1 is 1.07 bits per heavy atom. The first-order valence-electron chi connectivity index (χ1n) is 10.4. The second kappa shape index (κ2) is 6.17. The largest absolute Gasteiger partial charge is 0.326 e. The molecule has 28 heavy (non-hydrogen) atoms. The number of pyridine rings is 1. The molecule has 1 aromatic carbocycles. The number of nitrogens with zero attached hydrogens (tertiary/aromatic N) is 3. The summed E-state index contributed by atoms with van der Waals surface area (Å²) >= 11 is 0. The van der Waals surface area contributed by atoms with Gasteiger partial charge >= 0.3 is 5.69 Å². The number of hydrogen-bond donors (Lipinski definition) is 1. The molecule has 3 atom stereocenters. The van der Waals surface area contributed by atoms with Gasteiger partial charge in [-0.1, -0.05) is 42.5 Å². The average Bonchev–Trinajstić information content (AvgIpc) is 3.36. The Morgan fingerprint density at radius 3 is 2.64 bits per heavy atom. The predicted molar refractivity (Wildman–Crippen MR) is 110 cm³/mol. The lowest BCUT2D eigenvalue weighted by molar-refractivity contribution is 0.0996. The fourth-order valence-corrected chi connectivity index (χ4v) is 5.67. The molecule has 2 aliphatic heterocycles. The third-order valence-electron chi connectivity index (χ3n) is 6.90. The zero-order chi connectivity index (χ0) is 18.7. The molecule has 5 nitrogen and oxygen atoms in total. The molecule has 1 N–H and O–H groups in total. The number of imidazole rings is 1. The summed E-state index contributed by atoms with van der Waals surface area (Å²) in [6.45, 7) is 1.02. The van der Waals surface area contributed by atoms with E-state index >= 15 is 0 Å². The van der Waals surface area contributed by atoms with E-state index in [2.05, 4.69) is 61.9 Å². The highest BCUT2D eigenvalue weighted by atomic mass is 16.1. The van der Waals surface area contributed by atoms with Crippen molar-refractivity contribution < 1.29 is 0 Å². The van der Waals surface area contributed by atoms with Gasteiger partial charge in [-0.15, -0.1) is 0 Å². The van der Waals surface area contributed by atoms with Crippen LogP contribution in [-0.2, 0) is 13.0 Å². The van der Waals surface area contributed by atoms with Crippen molar-refractivity contribution in [2.75, 3.05) is 0 Å². The van der Waals surface area contributed by atoms with E-state index in [1.165, 1.54) is 18.4 Å². The number of fused-ring (bicyclic) bond motifs is 5. The monoisotopic (exact) mass is 372 g/mol. The number of rotatable bonds is 3. The Morgan fingerprint density at radius 2 is 1.86 bits per heavy atom. The van der Waals surface area contributed by atoms with Crippen molar-refractivity contribution >= 4 is 17.1 Å². The van der Waals surface area contributed by atoms with Crippen molar-refractivity contribution in [1.29, 1.82) is 0 Å².